The van der Waals surface area contributed by atoms with Crippen LogP contribution >= 0.6 is 29.8 Å². The van der Waals surface area contributed by atoms with Crippen molar-refractivity contribution in [3.05, 3.63) is 59.6 Å². The van der Waals surface area contributed by atoms with Gasteiger partial charge in [0.2, 0.25) is 6.42 Å². The van der Waals surface area contributed by atoms with Gasteiger partial charge in [-0.2, -0.15) is 0 Å². The Morgan fingerprint density at radius 1 is 1.21 bits per heavy atom. The second-order valence-corrected chi connectivity index (χ2v) is 11.6. The van der Waals surface area contributed by atoms with Gasteiger partial charge in [0.05, 0.1) is 12.2 Å². The molecule has 1 aliphatic rings. The highest BCUT2D eigenvalue weighted by atomic mass is 35.5. The SMILES string of the molecule is CC1CN=C(N(c2ccc(Cl)cc2)P(C)(=S)Oc2ccccc2)S1. The molecule has 24 heavy (non-hydrogen) atoms. The molecule has 126 valence electrons. The zero-order chi connectivity index (χ0) is 17.2. The molecule has 2 aromatic carbocycles. The molecular formula is C17H18ClN2OPS2. The Morgan fingerprint density at radius 3 is 2.46 bits per heavy atom. The summed E-state index contributed by atoms with van der Waals surface area (Å²) in [7, 11) is 0. The summed E-state index contributed by atoms with van der Waals surface area (Å²) in [6.07, 6.45) is -2.37. The van der Waals surface area contributed by atoms with Crippen molar-refractivity contribution in [1.82, 2.24) is 0 Å². The number of aliphatic imine (C=N–C) groups is 1. The lowest BCUT2D eigenvalue weighted by Crippen LogP contribution is -2.26. The summed E-state index contributed by atoms with van der Waals surface area (Å²) in [6, 6.07) is 17.4. The Morgan fingerprint density at radius 2 is 1.88 bits per heavy atom. The molecule has 0 amide bonds. The summed E-state index contributed by atoms with van der Waals surface area (Å²) >= 11 is 13.7. The number of benzene rings is 2. The topological polar surface area (TPSA) is 24.8 Å². The van der Waals surface area contributed by atoms with E-state index in [1.165, 1.54) is 0 Å². The van der Waals surface area contributed by atoms with Crippen LogP contribution in [0, 0.1) is 0 Å². The maximum absolute atomic E-state index is 6.22. The van der Waals surface area contributed by atoms with Gasteiger partial charge in [-0.1, -0.05) is 48.5 Å². The quantitative estimate of drug-likeness (QED) is 0.623. The fraction of sp³-hybridized carbons (Fsp3) is 0.235. The first kappa shape index (κ1) is 17.8. The van der Waals surface area contributed by atoms with Gasteiger partial charge >= 0.3 is 0 Å². The van der Waals surface area contributed by atoms with Crippen LogP contribution in [-0.2, 0) is 11.8 Å². The highest BCUT2D eigenvalue weighted by Gasteiger charge is 2.32. The highest BCUT2D eigenvalue weighted by Crippen LogP contribution is 2.52. The Balaban J connectivity index is 1.97. The van der Waals surface area contributed by atoms with Crippen molar-refractivity contribution in [3.8, 4) is 5.75 Å². The molecular weight excluding hydrogens is 379 g/mol. The van der Waals surface area contributed by atoms with Gasteiger partial charge in [-0.05, 0) is 48.2 Å². The van der Waals surface area contributed by atoms with Gasteiger partial charge in [-0.15, -0.1) is 0 Å². The number of thioether (sulfide) groups is 1. The largest absolute Gasteiger partial charge is 0.448 e. The van der Waals surface area contributed by atoms with E-state index in [1.807, 2.05) is 61.3 Å². The van der Waals surface area contributed by atoms with Crippen molar-refractivity contribution in [2.24, 2.45) is 4.99 Å². The summed E-state index contributed by atoms with van der Waals surface area (Å²) in [4.78, 5) is 4.68. The number of halogens is 1. The predicted molar refractivity (Wildman–Crippen MR) is 111 cm³/mol. The number of nitrogens with zero attached hydrogens (tertiary/aromatic N) is 2. The average molecular weight is 397 g/mol. The third-order valence-corrected chi connectivity index (χ3v) is 7.30. The van der Waals surface area contributed by atoms with Crippen LogP contribution in [0.25, 0.3) is 0 Å². The van der Waals surface area contributed by atoms with Crippen LogP contribution in [-0.4, -0.2) is 23.6 Å². The molecule has 2 aromatic rings. The molecule has 1 heterocycles. The van der Waals surface area contributed by atoms with E-state index >= 15 is 0 Å². The van der Waals surface area contributed by atoms with Crippen molar-refractivity contribution < 1.29 is 4.52 Å². The summed E-state index contributed by atoms with van der Waals surface area (Å²) in [5.74, 6) is 0.777. The molecule has 0 bridgehead atoms. The number of hydrogen-bond acceptors (Lipinski definition) is 4. The van der Waals surface area contributed by atoms with Crippen molar-refractivity contribution in [2.75, 3.05) is 17.9 Å². The molecule has 0 saturated heterocycles. The van der Waals surface area contributed by atoms with Crippen LogP contribution < -0.4 is 9.19 Å². The molecule has 7 heteroatoms. The maximum atomic E-state index is 6.22. The first-order chi connectivity index (χ1) is 11.5. The monoisotopic (exact) mass is 396 g/mol. The van der Waals surface area contributed by atoms with E-state index in [4.69, 9.17) is 27.9 Å². The zero-order valence-corrected chi connectivity index (χ0v) is 16.7. The standard InChI is InChI=1S/C17H18ClN2OPS2/c1-13-12-19-17(24-13)20(15-10-8-14(18)9-11-15)22(2,23)21-16-6-4-3-5-7-16/h3-11,13H,12H2,1-2H3. The van der Waals surface area contributed by atoms with E-state index in [0.717, 1.165) is 23.1 Å². The maximum Gasteiger partial charge on any atom is 0.207 e. The minimum Gasteiger partial charge on any atom is -0.448 e. The fourth-order valence-corrected chi connectivity index (χ4v) is 6.40. The van der Waals surface area contributed by atoms with Gasteiger partial charge in [-0.3, -0.25) is 9.66 Å². The first-order valence-corrected chi connectivity index (χ1v) is 11.9. The van der Waals surface area contributed by atoms with Crippen LogP contribution in [0.2, 0.25) is 5.02 Å². The normalized spacial score (nSPS) is 19.5. The van der Waals surface area contributed by atoms with Gasteiger partial charge in [0.25, 0.3) is 0 Å². The molecule has 2 unspecified atom stereocenters. The Kier molecular flexibility index (Phi) is 5.56. The van der Waals surface area contributed by atoms with Crippen LogP contribution in [0.4, 0.5) is 5.69 Å². The average Bonchev–Trinajstić information content (AvgIpc) is 2.95. The summed E-state index contributed by atoms with van der Waals surface area (Å²) in [5.41, 5.74) is 0.960. The van der Waals surface area contributed by atoms with Crippen molar-refractivity contribution >= 4 is 52.4 Å². The molecule has 0 saturated carbocycles. The summed E-state index contributed by atoms with van der Waals surface area (Å²) in [6.45, 7) is 4.94. The first-order valence-electron chi connectivity index (χ1n) is 7.55. The van der Waals surface area contributed by atoms with E-state index in [9.17, 15) is 0 Å². The molecule has 2 atom stereocenters. The molecule has 0 aromatic heterocycles. The van der Waals surface area contributed by atoms with Crippen molar-refractivity contribution in [3.63, 3.8) is 0 Å². The third-order valence-electron chi connectivity index (χ3n) is 3.42. The number of para-hydroxylation sites is 1. The number of anilines is 1. The zero-order valence-electron chi connectivity index (χ0n) is 13.4. The smallest absolute Gasteiger partial charge is 0.207 e. The van der Waals surface area contributed by atoms with Crippen LogP contribution in [0.1, 0.15) is 6.92 Å². The molecule has 1 aliphatic heterocycles. The van der Waals surface area contributed by atoms with E-state index in [1.54, 1.807) is 11.8 Å². The lowest BCUT2D eigenvalue weighted by molar-refractivity contribution is 0.616. The lowest BCUT2D eigenvalue weighted by atomic mass is 10.3. The highest BCUT2D eigenvalue weighted by molar-refractivity contribution is 8.18. The summed E-state index contributed by atoms with van der Waals surface area (Å²) < 4.78 is 8.29. The molecule has 0 aliphatic carbocycles. The van der Waals surface area contributed by atoms with Gasteiger partial charge in [0.1, 0.15) is 5.75 Å². The van der Waals surface area contributed by atoms with Crippen LogP contribution in [0.15, 0.2) is 59.6 Å². The molecule has 3 rings (SSSR count). The third kappa shape index (κ3) is 4.15. The molecule has 0 fully saturated rings. The van der Waals surface area contributed by atoms with Crippen molar-refractivity contribution in [2.45, 2.75) is 12.2 Å². The van der Waals surface area contributed by atoms with Gasteiger partial charge in [0, 0.05) is 16.9 Å². The van der Waals surface area contributed by atoms with Crippen LogP contribution in [0.5, 0.6) is 5.75 Å². The van der Waals surface area contributed by atoms with Gasteiger partial charge < -0.3 is 4.52 Å². The lowest BCUT2D eigenvalue weighted by Gasteiger charge is -2.33. The number of rotatable bonds is 4. The summed E-state index contributed by atoms with van der Waals surface area (Å²) in [5, 5.41) is 2.06. The van der Waals surface area contributed by atoms with Gasteiger partial charge in [0.15, 0.2) is 5.17 Å². The van der Waals surface area contributed by atoms with Gasteiger partial charge in [-0.25, -0.2) is 0 Å². The minimum absolute atomic E-state index is 0.446. The Hall–Kier alpha value is -1.00. The van der Waals surface area contributed by atoms with E-state index in [2.05, 4.69) is 16.6 Å². The number of hydrogen-bond donors (Lipinski definition) is 0. The van der Waals surface area contributed by atoms with Crippen LogP contribution in [0.3, 0.4) is 0 Å². The molecule has 0 spiro atoms. The minimum atomic E-state index is -2.37. The second kappa shape index (κ2) is 7.49. The predicted octanol–water partition coefficient (Wildman–Crippen LogP) is 5.66. The number of amidine groups is 1. The van der Waals surface area contributed by atoms with E-state index in [-0.39, 0.29) is 0 Å². The van der Waals surface area contributed by atoms with Crippen molar-refractivity contribution in [1.29, 1.82) is 0 Å². The fourth-order valence-electron chi connectivity index (χ4n) is 2.35. The molecule has 0 radical (unpaired) electrons. The van der Waals surface area contributed by atoms with E-state index < -0.39 is 6.42 Å². The van der Waals surface area contributed by atoms with E-state index in [0.29, 0.717) is 10.3 Å². The molecule has 3 nitrogen and oxygen atoms in total. The second-order valence-electron chi connectivity index (χ2n) is 5.55. The molecule has 0 N–H and O–H groups in total. The Bertz CT molecular complexity index is 783. The Labute approximate surface area is 157 Å².